The normalized spacial score (nSPS) is 11.2. The van der Waals surface area contributed by atoms with Gasteiger partial charge in [-0.1, -0.05) is 138 Å². The third-order valence-electron chi connectivity index (χ3n) is 12.3. The smallest absolute Gasteiger partial charge is 0.503 e. The molecule has 0 aliphatic rings. The van der Waals surface area contributed by atoms with Crippen molar-refractivity contribution >= 4 is 21.8 Å². The van der Waals surface area contributed by atoms with Crippen molar-refractivity contribution in [2.45, 2.75) is 68.2 Å². The maximum atomic E-state index is 6.55. The van der Waals surface area contributed by atoms with Crippen LogP contribution in [0.3, 0.4) is 0 Å². The molecule has 6 aromatic carbocycles. The summed E-state index contributed by atoms with van der Waals surface area (Å²) in [7, 11) is 0. The maximum Gasteiger partial charge on any atom is 2.00 e. The predicted molar refractivity (Wildman–Crippen MR) is 278 cm³/mol. The van der Waals surface area contributed by atoms with Gasteiger partial charge in [0.15, 0.2) is 0 Å². The van der Waals surface area contributed by atoms with E-state index in [0.29, 0.717) is 40.8 Å². The Morgan fingerprint density at radius 1 is 0.479 bits per heavy atom. The zero-order valence-corrected chi connectivity index (χ0v) is 45.6. The second kappa shape index (κ2) is 21.9. The molecule has 0 amide bonds. The van der Waals surface area contributed by atoms with Crippen molar-refractivity contribution in [2.24, 2.45) is 11.8 Å². The number of aryl methyl sites for hydroxylation is 4. The largest absolute Gasteiger partial charge is 2.00 e. The first-order valence-electron chi connectivity index (χ1n) is 23.7. The van der Waals surface area contributed by atoms with E-state index >= 15 is 0 Å². The van der Waals surface area contributed by atoms with Crippen molar-refractivity contribution < 1.29 is 51.6 Å². The first kappa shape index (κ1) is 50.9. The number of hydrogen-bond donors (Lipinski definition) is 0. The quantitative estimate of drug-likeness (QED) is 0.107. The van der Waals surface area contributed by atoms with E-state index in [1.54, 1.807) is 18.5 Å². The summed E-state index contributed by atoms with van der Waals surface area (Å²) in [5.74, 6) is 3.87. The van der Waals surface area contributed by atoms with E-state index in [1.165, 1.54) is 11.1 Å². The summed E-state index contributed by atoms with van der Waals surface area (Å²) in [6, 6.07) is 53.8. The number of ether oxygens (including phenoxy) is 2. The molecule has 0 bridgehead atoms. The van der Waals surface area contributed by atoms with Crippen LogP contribution in [0.1, 0.15) is 61.1 Å². The zero-order valence-electron chi connectivity index (χ0n) is 41.0. The van der Waals surface area contributed by atoms with Gasteiger partial charge in [-0.05, 0) is 89.4 Å². The van der Waals surface area contributed by atoms with Gasteiger partial charge >= 0.3 is 42.1 Å². The third kappa shape index (κ3) is 11.3. The van der Waals surface area contributed by atoms with Gasteiger partial charge in [-0.15, -0.1) is 58.7 Å². The molecule has 0 N–H and O–H groups in total. The third-order valence-corrected chi connectivity index (χ3v) is 12.3. The van der Waals surface area contributed by atoms with Gasteiger partial charge in [0.05, 0.1) is 0 Å². The average molecular weight is 1290 g/mol. The van der Waals surface area contributed by atoms with Crippen LogP contribution in [-0.4, -0.2) is 24.5 Å². The molecule has 4 aromatic heterocycles. The van der Waals surface area contributed by atoms with Crippen LogP contribution < -0.4 is 9.47 Å². The fourth-order valence-electron chi connectivity index (χ4n) is 9.13. The summed E-state index contributed by atoms with van der Waals surface area (Å²) in [5, 5.41) is 1.88. The fraction of sp³-hybridized carbons (Fsp3) is 0.194. The Bertz CT molecular complexity index is 3280. The number of fused-ring (bicyclic) bond motifs is 3. The van der Waals surface area contributed by atoms with Crippen molar-refractivity contribution in [3.63, 3.8) is 0 Å². The summed E-state index contributed by atoms with van der Waals surface area (Å²) in [4.78, 5) is 19.1. The van der Waals surface area contributed by atoms with Gasteiger partial charge in [0.1, 0.15) is 0 Å². The maximum absolute atomic E-state index is 6.55. The Balaban J connectivity index is 0.00000338. The van der Waals surface area contributed by atoms with Crippen molar-refractivity contribution in [3.8, 4) is 73.7 Å². The number of hydrogen-bond acceptors (Lipinski definition) is 6. The van der Waals surface area contributed by atoms with Crippen LogP contribution in [0.25, 0.3) is 72.5 Å². The van der Waals surface area contributed by atoms with E-state index in [1.807, 2.05) is 53.4 Å². The van der Waals surface area contributed by atoms with Gasteiger partial charge < -0.3 is 24.0 Å². The molecular formula is C62H53N5O2Pt2. The van der Waals surface area contributed by atoms with Gasteiger partial charge in [-0.2, -0.15) is 22.9 Å². The predicted octanol–water partition coefficient (Wildman–Crippen LogP) is 15.4. The number of nitrogens with zero attached hydrogens (tertiary/aromatic N) is 5. The number of pyridine rings is 2. The topological polar surface area (TPSA) is 75.0 Å². The number of aromatic nitrogens is 5. The van der Waals surface area contributed by atoms with E-state index in [9.17, 15) is 0 Å². The Morgan fingerprint density at radius 2 is 0.901 bits per heavy atom. The molecule has 0 radical (unpaired) electrons. The van der Waals surface area contributed by atoms with Gasteiger partial charge in [-0.25, -0.2) is 9.97 Å². The van der Waals surface area contributed by atoms with Crippen LogP contribution in [-0.2, 0) is 55.0 Å². The second-order valence-electron chi connectivity index (χ2n) is 19.0. The summed E-state index contributed by atoms with van der Waals surface area (Å²) in [5.41, 5.74) is 16.4. The number of benzene rings is 6. The first-order valence-corrected chi connectivity index (χ1v) is 23.7. The molecule has 0 atom stereocenters. The van der Waals surface area contributed by atoms with Crippen molar-refractivity contribution in [2.75, 3.05) is 0 Å². The monoisotopic (exact) mass is 1290 g/mol. The minimum atomic E-state index is 0. The van der Waals surface area contributed by atoms with Crippen molar-refractivity contribution in [1.29, 1.82) is 0 Å². The Morgan fingerprint density at radius 3 is 1.30 bits per heavy atom. The molecule has 71 heavy (non-hydrogen) atoms. The molecule has 0 fully saturated rings. The minimum absolute atomic E-state index is 0. The number of rotatable bonds is 13. The molecule has 0 aliphatic heterocycles. The minimum Gasteiger partial charge on any atom is -0.503 e. The Hall–Kier alpha value is -6.52. The molecule has 0 saturated heterocycles. The molecule has 0 unspecified atom stereocenters. The van der Waals surface area contributed by atoms with Gasteiger partial charge in [-0.3, -0.25) is 0 Å². The summed E-state index contributed by atoms with van der Waals surface area (Å²) in [6.07, 6.45) is 9.50. The molecule has 10 rings (SSSR count). The van der Waals surface area contributed by atoms with Crippen LogP contribution in [0.2, 0.25) is 0 Å². The first-order chi connectivity index (χ1) is 33.4. The van der Waals surface area contributed by atoms with E-state index < -0.39 is 0 Å². The van der Waals surface area contributed by atoms with Gasteiger partial charge in [0, 0.05) is 58.9 Å². The van der Waals surface area contributed by atoms with Crippen molar-refractivity contribution in [1.82, 2.24) is 24.5 Å². The second-order valence-corrected chi connectivity index (χ2v) is 19.0. The summed E-state index contributed by atoms with van der Waals surface area (Å²) in [6.45, 7) is 17.4. The average Bonchev–Trinajstić information content (AvgIpc) is 3.64. The van der Waals surface area contributed by atoms with E-state index in [2.05, 4.69) is 162 Å². The molecule has 7 nitrogen and oxygen atoms in total. The fourth-order valence-corrected chi connectivity index (χ4v) is 9.13. The van der Waals surface area contributed by atoms with Gasteiger partial charge in [0.25, 0.3) is 0 Å². The molecule has 9 heteroatoms. The molecule has 358 valence electrons. The van der Waals surface area contributed by atoms with Crippen LogP contribution in [0.15, 0.2) is 140 Å². The Labute approximate surface area is 446 Å². The van der Waals surface area contributed by atoms with Crippen LogP contribution in [0.5, 0.6) is 23.0 Å². The summed E-state index contributed by atoms with van der Waals surface area (Å²) < 4.78 is 15.1. The van der Waals surface area contributed by atoms with E-state index in [4.69, 9.17) is 19.4 Å². The van der Waals surface area contributed by atoms with Crippen LogP contribution in [0.4, 0.5) is 0 Å². The molecular weight excluding hydrogens is 1240 g/mol. The zero-order chi connectivity index (χ0) is 47.8. The molecule has 0 spiro atoms. The molecule has 0 saturated carbocycles. The molecule has 0 aliphatic carbocycles. The van der Waals surface area contributed by atoms with Crippen LogP contribution >= 0.6 is 0 Å². The molecule has 4 heterocycles. The summed E-state index contributed by atoms with van der Waals surface area (Å²) >= 11 is 0. The Kier molecular flexibility index (Phi) is 15.7. The van der Waals surface area contributed by atoms with Gasteiger partial charge in [0.2, 0.25) is 5.95 Å². The van der Waals surface area contributed by atoms with Crippen LogP contribution in [0, 0.1) is 63.8 Å². The standard InChI is InChI=1S/C62H53N5O2.2Pt/c1-38(2)24-44-10-14-46(15-11-44)56-36-65-58(30-42(56)7)48-26-40(5)28-52(32-48)68-50-18-20-54-55-21-19-51(35-61(55)67(60(54)34-50)62-63-22-9-23-64-62)69-53-29-41(6)27-49(33-53)59-31-43(8)57(37-66-59)47-16-12-45(13-17-47)25-39(3)4;;/h9-23,26-31,36-39H,24-25H2,1-8H3;;/q-4;2*+2. The van der Waals surface area contributed by atoms with E-state index in [-0.39, 0.29) is 42.1 Å². The SMILES string of the molecule is Cc1cc(Oc2[c-]c3c(cc2)c2ccc(Oc4[c-]c(-c5cc(C)c(-c6ccc(CC(C)C)cc6)cn5)cc(C)c4)[c-]c2n3-c2ncccn2)[c-]c(-c2cc(C)c(-c3ccc(CC(C)C)cc3)cn2)c1.[Pt+2].[Pt+2]. The van der Waals surface area contributed by atoms with Crippen molar-refractivity contribution in [3.05, 3.63) is 198 Å². The van der Waals surface area contributed by atoms with E-state index in [0.717, 1.165) is 102 Å². The molecule has 10 aromatic rings.